The predicted molar refractivity (Wildman–Crippen MR) is 35.5 cm³/mol. The second kappa shape index (κ2) is 4.51. The van der Waals surface area contributed by atoms with Gasteiger partial charge in [0.2, 0.25) is 6.23 Å². The van der Waals surface area contributed by atoms with Crippen LogP contribution in [-0.4, -0.2) is 32.4 Å². The Bertz CT molecular complexity index is 159. The van der Waals surface area contributed by atoms with Crippen molar-refractivity contribution in [3.63, 3.8) is 0 Å². The van der Waals surface area contributed by atoms with Crippen LogP contribution in [0.5, 0.6) is 0 Å². The molecule has 0 aromatic heterocycles. The molecule has 0 heterocycles. The normalized spacial score (nSPS) is 11.8. The molecule has 0 aliphatic heterocycles. The van der Waals surface area contributed by atoms with Crippen LogP contribution < -0.4 is 11.1 Å². The lowest BCUT2D eigenvalue weighted by Gasteiger charge is -2.11. The average molecular weight is 162 g/mol. The molecule has 0 aromatic carbocycles. The van der Waals surface area contributed by atoms with Gasteiger partial charge in [-0.1, -0.05) is 0 Å². The molecule has 6 heteroatoms. The molecule has 3 N–H and O–H groups in total. The third kappa shape index (κ3) is 3.41. The van der Waals surface area contributed by atoms with Crippen molar-refractivity contribution in [3.05, 3.63) is 0 Å². The van der Waals surface area contributed by atoms with Crippen molar-refractivity contribution in [1.29, 1.82) is 0 Å². The van der Waals surface area contributed by atoms with Crippen molar-refractivity contribution >= 4 is 12.0 Å². The number of primary amides is 1. The summed E-state index contributed by atoms with van der Waals surface area (Å²) in [4.78, 5) is 20.9. The van der Waals surface area contributed by atoms with Gasteiger partial charge in [-0.05, 0) is 0 Å². The zero-order valence-electron chi connectivity index (χ0n) is 6.29. The van der Waals surface area contributed by atoms with Crippen molar-refractivity contribution < 1.29 is 19.1 Å². The molecule has 64 valence electrons. The zero-order valence-corrected chi connectivity index (χ0v) is 6.29. The number of urea groups is 1. The van der Waals surface area contributed by atoms with Gasteiger partial charge in [-0.3, -0.25) is 0 Å². The summed E-state index contributed by atoms with van der Waals surface area (Å²) >= 11 is 0. The summed E-state index contributed by atoms with van der Waals surface area (Å²) in [6.45, 7) is 0. The van der Waals surface area contributed by atoms with E-state index in [4.69, 9.17) is 5.73 Å². The number of carbonyl (C=O) groups is 2. The smallest absolute Gasteiger partial charge is 0.356 e. The van der Waals surface area contributed by atoms with Crippen LogP contribution in [0.15, 0.2) is 0 Å². The first-order valence-electron chi connectivity index (χ1n) is 2.78. The fourth-order valence-corrected chi connectivity index (χ4v) is 0.450. The Morgan fingerprint density at radius 1 is 1.45 bits per heavy atom. The summed E-state index contributed by atoms with van der Waals surface area (Å²) in [7, 11) is 2.43. The Labute approximate surface area is 63.6 Å². The number of esters is 1. The molecule has 0 aromatic rings. The number of rotatable bonds is 3. The van der Waals surface area contributed by atoms with Crippen LogP contribution in [-0.2, 0) is 14.3 Å². The van der Waals surface area contributed by atoms with Gasteiger partial charge in [0, 0.05) is 7.11 Å². The molecule has 2 amide bonds. The quantitative estimate of drug-likeness (QED) is 0.403. The molecule has 0 radical (unpaired) electrons. The van der Waals surface area contributed by atoms with Crippen LogP contribution in [0.3, 0.4) is 0 Å². The number of nitrogens with one attached hydrogen (secondary N) is 1. The van der Waals surface area contributed by atoms with E-state index in [9.17, 15) is 9.59 Å². The first-order chi connectivity index (χ1) is 5.11. The van der Waals surface area contributed by atoms with Gasteiger partial charge in [-0.15, -0.1) is 0 Å². The largest absolute Gasteiger partial charge is 0.466 e. The summed E-state index contributed by atoms with van der Waals surface area (Å²) in [6.07, 6.45) is -1.13. The highest BCUT2D eigenvalue weighted by atomic mass is 16.6. The van der Waals surface area contributed by atoms with E-state index in [0.717, 1.165) is 0 Å². The topological polar surface area (TPSA) is 90.6 Å². The summed E-state index contributed by atoms with van der Waals surface area (Å²) in [5.74, 6) is -0.702. The molecule has 11 heavy (non-hydrogen) atoms. The minimum atomic E-state index is -1.13. The Hall–Kier alpha value is -1.30. The van der Waals surface area contributed by atoms with E-state index in [1.54, 1.807) is 0 Å². The molecule has 1 atom stereocenters. The Balaban J connectivity index is 3.94. The first kappa shape index (κ1) is 9.70. The maximum atomic E-state index is 10.7. The van der Waals surface area contributed by atoms with Gasteiger partial charge in [-0.2, -0.15) is 0 Å². The summed E-state index contributed by atoms with van der Waals surface area (Å²) in [6, 6.07) is -0.845. The molecule has 0 spiro atoms. The second-order valence-corrected chi connectivity index (χ2v) is 1.65. The number of methoxy groups -OCH3 is 2. The monoisotopic (exact) mass is 162 g/mol. The fraction of sp³-hybridized carbons (Fsp3) is 0.600. The minimum Gasteiger partial charge on any atom is -0.466 e. The Morgan fingerprint density at radius 3 is 2.27 bits per heavy atom. The van der Waals surface area contributed by atoms with E-state index < -0.39 is 18.2 Å². The molecule has 6 nitrogen and oxygen atoms in total. The van der Waals surface area contributed by atoms with Gasteiger partial charge < -0.3 is 20.5 Å². The Morgan fingerprint density at radius 2 is 2.00 bits per heavy atom. The summed E-state index contributed by atoms with van der Waals surface area (Å²) < 4.78 is 8.80. The molecule has 0 aliphatic rings. The molecule has 1 unspecified atom stereocenters. The minimum absolute atomic E-state index is 0.702. The lowest BCUT2D eigenvalue weighted by molar-refractivity contribution is -0.153. The van der Waals surface area contributed by atoms with E-state index >= 15 is 0 Å². The third-order valence-corrected chi connectivity index (χ3v) is 0.924. The van der Waals surface area contributed by atoms with Crippen molar-refractivity contribution in [3.8, 4) is 0 Å². The van der Waals surface area contributed by atoms with Crippen LogP contribution in [0, 0.1) is 0 Å². The lowest BCUT2D eigenvalue weighted by Crippen LogP contribution is -2.45. The highest BCUT2D eigenvalue weighted by Crippen LogP contribution is 1.86. The molecule has 0 rings (SSSR count). The summed E-state index contributed by atoms with van der Waals surface area (Å²) in [5, 5.41) is 2.02. The predicted octanol–water partition coefficient (Wildman–Crippen LogP) is -1.20. The molecule has 0 saturated heterocycles. The molecule has 0 saturated carbocycles. The van der Waals surface area contributed by atoms with E-state index in [0.29, 0.717) is 0 Å². The molecule has 0 fully saturated rings. The highest BCUT2D eigenvalue weighted by molar-refractivity contribution is 5.81. The van der Waals surface area contributed by atoms with Crippen molar-refractivity contribution in [1.82, 2.24) is 5.32 Å². The number of hydrogen-bond donors (Lipinski definition) is 2. The van der Waals surface area contributed by atoms with E-state index in [1.165, 1.54) is 14.2 Å². The standard InChI is InChI=1S/C5H10N2O4/c1-10-3(4(8)11-2)7-5(6)9/h3H,1-2H3,(H3,6,7,9). The third-order valence-electron chi connectivity index (χ3n) is 0.924. The first-order valence-corrected chi connectivity index (χ1v) is 2.78. The number of carbonyl (C=O) groups excluding carboxylic acids is 2. The van der Waals surface area contributed by atoms with Gasteiger partial charge >= 0.3 is 12.0 Å². The second-order valence-electron chi connectivity index (χ2n) is 1.65. The number of ether oxygens (including phenoxy) is 2. The van der Waals surface area contributed by atoms with Gasteiger partial charge in [0.05, 0.1) is 7.11 Å². The van der Waals surface area contributed by atoms with Crippen molar-refractivity contribution in [2.75, 3.05) is 14.2 Å². The van der Waals surface area contributed by atoms with Crippen LogP contribution in [0.2, 0.25) is 0 Å². The lowest BCUT2D eigenvalue weighted by atomic mass is 10.5. The highest BCUT2D eigenvalue weighted by Gasteiger charge is 2.18. The summed E-state index contributed by atoms with van der Waals surface area (Å²) in [5.41, 5.74) is 4.72. The maximum Gasteiger partial charge on any atom is 0.356 e. The maximum absolute atomic E-state index is 10.7. The molecule has 0 bridgehead atoms. The van der Waals surface area contributed by atoms with Crippen LogP contribution in [0.4, 0.5) is 4.79 Å². The number of nitrogens with two attached hydrogens (primary N) is 1. The molecule has 0 aliphatic carbocycles. The van der Waals surface area contributed by atoms with E-state index in [2.05, 4.69) is 9.47 Å². The fourth-order valence-electron chi connectivity index (χ4n) is 0.450. The van der Waals surface area contributed by atoms with Crippen molar-refractivity contribution in [2.24, 2.45) is 5.73 Å². The number of amides is 2. The van der Waals surface area contributed by atoms with Gasteiger partial charge in [0.15, 0.2) is 0 Å². The number of hydrogen-bond acceptors (Lipinski definition) is 4. The zero-order chi connectivity index (χ0) is 8.85. The van der Waals surface area contributed by atoms with Crippen LogP contribution in [0.1, 0.15) is 0 Å². The van der Waals surface area contributed by atoms with E-state index in [-0.39, 0.29) is 0 Å². The van der Waals surface area contributed by atoms with Crippen molar-refractivity contribution in [2.45, 2.75) is 6.23 Å². The van der Waals surface area contributed by atoms with Crippen LogP contribution in [0.25, 0.3) is 0 Å². The van der Waals surface area contributed by atoms with E-state index in [1.807, 2.05) is 5.32 Å². The SMILES string of the molecule is COC(=O)C(NC(N)=O)OC. The van der Waals surface area contributed by atoms with Crippen LogP contribution >= 0.6 is 0 Å². The van der Waals surface area contributed by atoms with Gasteiger partial charge in [0.1, 0.15) is 0 Å². The molecular formula is C5H10N2O4. The van der Waals surface area contributed by atoms with Gasteiger partial charge in [0.25, 0.3) is 0 Å². The Kier molecular flexibility index (Phi) is 3.97. The molecular weight excluding hydrogens is 152 g/mol. The average Bonchev–Trinajstić information content (AvgIpc) is 1.98. The van der Waals surface area contributed by atoms with Gasteiger partial charge in [-0.25, -0.2) is 9.59 Å².